The second-order valence-electron chi connectivity index (χ2n) is 9.23. The molecule has 34 heavy (non-hydrogen) atoms. The van der Waals surface area contributed by atoms with Crippen LogP contribution in [0, 0.1) is 0 Å². The van der Waals surface area contributed by atoms with Crippen LogP contribution in [-0.2, 0) is 0 Å². The van der Waals surface area contributed by atoms with Crippen LogP contribution in [0.2, 0.25) is 0 Å². The largest absolute Gasteiger partial charge is 0.277 e. The van der Waals surface area contributed by atoms with Gasteiger partial charge in [0.25, 0.3) is 0 Å². The molecule has 2 aromatic carbocycles. The molecule has 0 bridgehead atoms. The zero-order valence-corrected chi connectivity index (χ0v) is 21.1. The molecule has 1 heterocycles. The first-order valence-electron chi connectivity index (χ1n) is 12.3. The first kappa shape index (κ1) is 25.2. The Morgan fingerprint density at radius 1 is 0.735 bits per heavy atom. The topological polar surface area (TPSA) is 24.4 Å². The van der Waals surface area contributed by atoms with Gasteiger partial charge in [0.1, 0.15) is 0 Å². The van der Waals surface area contributed by atoms with E-state index in [0.29, 0.717) is 0 Å². The molecule has 2 heteroatoms. The first-order valence-corrected chi connectivity index (χ1v) is 12.3. The smallest absolute Gasteiger partial charge is 0.0715 e. The summed E-state index contributed by atoms with van der Waals surface area (Å²) in [6.45, 7) is 8.84. The van der Waals surface area contributed by atoms with E-state index in [1.54, 1.807) is 0 Å². The molecule has 0 saturated carbocycles. The molecule has 2 nitrogen and oxygen atoms in total. The maximum atomic E-state index is 4.44. The molecule has 0 amide bonds. The average molecular weight is 451 g/mol. The summed E-state index contributed by atoms with van der Waals surface area (Å²) < 4.78 is 0. The Morgan fingerprint density at radius 2 is 1.32 bits per heavy atom. The Kier molecular flexibility index (Phi) is 9.91. The van der Waals surface area contributed by atoms with Crippen molar-refractivity contribution >= 4 is 17.5 Å². The van der Waals surface area contributed by atoms with Crippen LogP contribution >= 0.6 is 0 Å². The highest BCUT2D eigenvalue weighted by molar-refractivity contribution is 6.00. The van der Waals surface area contributed by atoms with Crippen LogP contribution in [0.25, 0.3) is 11.3 Å². The van der Waals surface area contributed by atoms with E-state index >= 15 is 0 Å². The average Bonchev–Trinajstić information content (AvgIpc) is 3.06. The third-order valence-corrected chi connectivity index (χ3v) is 6.02. The minimum absolute atomic E-state index is 0.878. The van der Waals surface area contributed by atoms with Gasteiger partial charge in [-0.3, -0.25) is 5.43 Å². The molecule has 0 atom stereocenters. The van der Waals surface area contributed by atoms with Crippen LogP contribution < -0.4 is 5.43 Å². The van der Waals surface area contributed by atoms with Crippen molar-refractivity contribution in [3.8, 4) is 0 Å². The normalized spacial score (nSPS) is 14.4. The predicted molar refractivity (Wildman–Crippen MR) is 149 cm³/mol. The molecule has 176 valence electrons. The molecule has 1 aliphatic heterocycles. The van der Waals surface area contributed by atoms with E-state index in [2.05, 4.69) is 117 Å². The minimum Gasteiger partial charge on any atom is -0.277 e. The second-order valence-corrected chi connectivity index (χ2v) is 9.23. The quantitative estimate of drug-likeness (QED) is 0.359. The lowest BCUT2D eigenvalue weighted by Gasteiger charge is -2.17. The summed E-state index contributed by atoms with van der Waals surface area (Å²) >= 11 is 0. The Bertz CT molecular complexity index is 1110. The van der Waals surface area contributed by atoms with Crippen molar-refractivity contribution in [1.29, 1.82) is 0 Å². The van der Waals surface area contributed by atoms with Crippen LogP contribution in [0.15, 0.2) is 112 Å². The van der Waals surface area contributed by atoms with Crippen LogP contribution in [0.4, 0.5) is 0 Å². The number of rotatable bonds is 10. The summed E-state index contributed by atoms with van der Waals surface area (Å²) in [6.07, 6.45) is 16.5. The van der Waals surface area contributed by atoms with E-state index in [4.69, 9.17) is 0 Å². The van der Waals surface area contributed by atoms with Gasteiger partial charge in [-0.2, -0.15) is 5.10 Å². The monoisotopic (exact) mass is 450 g/mol. The number of allylic oxidation sites excluding steroid dienone is 9. The van der Waals surface area contributed by atoms with Gasteiger partial charge in [-0.15, -0.1) is 0 Å². The molecule has 2 aromatic rings. The SMILES string of the molecule is CC(C)=CCCC(C)=CCCC(C)=CCC1=CC=NNC(c2ccccc2)=C1c1ccccc1. The molecule has 0 spiro atoms. The van der Waals surface area contributed by atoms with Gasteiger partial charge in [-0.1, -0.05) is 95.6 Å². The number of nitrogens with one attached hydrogen (secondary N) is 1. The highest BCUT2D eigenvalue weighted by Crippen LogP contribution is 2.34. The van der Waals surface area contributed by atoms with Crippen molar-refractivity contribution in [2.45, 2.75) is 59.8 Å². The maximum Gasteiger partial charge on any atom is 0.0715 e. The van der Waals surface area contributed by atoms with Crippen molar-refractivity contribution < 1.29 is 0 Å². The third-order valence-electron chi connectivity index (χ3n) is 6.02. The van der Waals surface area contributed by atoms with E-state index in [0.717, 1.165) is 43.4 Å². The highest BCUT2D eigenvalue weighted by atomic mass is 15.3. The molecule has 3 rings (SSSR count). The van der Waals surface area contributed by atoms with Gasteiger partial charge < -0.3 is 0 Å². The lowest BCUT2D eigenvalue weighted by molar-refractivity contribution is 0.914. The van der Waals surface area contributed by atoms with Gasteiger partial charge in [0.2, 0.25) is 0 Å². The Labute approximate surface area is 206 Å². The van der Waals surface area contributed by atoms with Crippen LogP contribution in [0.5, 0.6) is 0 Å². The molecule has 0 aliphatic carbocycles. The van der Waals surface area contributed by atoms with E-state index in [9.17, 15) is 0 Å². The van der Waals surface area contributed by atoms with Gasteiger partial charge >= 0.3 is 0 Å². The molecular formula is C32H38N2. The summed E-state index contributed by atoms with van der Waals surface area (Å²) in [4.78, 5) is 0. The van der Waals surface area contributed by atoms with Gasteiger partial charge in [0.05, 0.1) is 5.70 Å². The summed E-state index contributed by atoms with van der Waals surface area (Å²) in [5.41, 5.74) is 13.5. The molecule has 0 unspecified atom stereocenters. The second kappa shape index (κ2) is 13.3. The van der Waals surface area contributed by atoms with E-state index in [1.807, 2.05) is 12.3 Å². The zero-order chi connectivity index (χ0) is 24.2. The molecule has 0 aromatic heterocycles. The fourth-order valence-corrected chi connectivity index (χ4v) is 4.07. The number of nitrogens with zero attached hydrogens (tertiary/aromatic N) is 1. The lowest BCUT2D eigenvalue weighted by Crippen LogP contribution is -2.07. The van der Waals surface area contributed by atoms with Crippen LogP contribution in [-0.4, -0.2) is 6.21 Å². The Hall–Kier alpha value is -3.39. The van der Waals surface area contributed by atoms with Crippen LogP contribution in [0.3, 0.4) is 0 Å². The highest BCUT2D eigenvalue weighted by Gasteiger charge is 2.16. The summed E-state index contributed by atoms with van der Waals surface area (Å²) in [5, 5.41) is 4.44. The van der Waals surface area contributed by atoms with Crippen LogP contribution in [0.1, 0.15) is 70.9 Å². The lowest BCUT2D eigenvalue weighted by atomic mass is 9.90. The summed E-state index contributed by atoms with van der Waals surface area (Å²) in [7, 11) is 0. The van der Waals surface area contributed by atoms with Gasteiger partial charge in [-0.05, 0) is 77.0 Å². The summed E-state index contributed by atoms with van der Waals surface area (Å²) in [5.74, 6) is 0. The van der Waals surface area contributed by atoms with Gasteiger partial charge in [0.15, 0.2) is 0 Å². The minimum atomic E-state index is 0.878. The van der Waals surface area contributed by atoms with Gasteiger partial charge in [-0.25, -0.2) is 0 Å². The van der Waals surface area contributed by atoms with E-state index in [-0.39, 0.29) is 0 Å². The first-order chi connectivity index (χ1) is 16.5. The molecule has 1 aliphatic rings. The summed E-state index contributed by atoms with van der Waals surface area (Å²) in [6, 6.07) is 21.1. The Morgan fingerprint density at radius 3 is 1.97 bits per heavy atom. The number of hydrazone groups is 1. The zero-order valence-electron chi connectivity index (χ0n) is 21.1. The molecule has 1 N–H and O–H groups in total. The number of hydrogen-bond donors (Lipinski definition) is 1. The van der Waals surface area contributed by atoms with E-state index < -0.39 is 0 Å². The van der Waals surface area contributed by atoms with Crippen molar-refractivity contribution in [1.82, 2.24) is 5.43 Å². The van der Waals surface area contributed by atoms with Crippen molar-refractivity contribution in [3.05, 3.63) is 118 Å². The number of hydrogen-bond acceptors (Lipinski definition) is 2. The molecule has 0 radical (unpaired) electrons. The van der Waals surface area contributed by atoms with Crippen molar-refractivity contribution in [2.24, 2.45) is 5.10 Å². The van der Waals surface area contributed by atoms with Gasteiger partial charge in [0, 0.05) is 17.4 Å². The standard InChI is InChI=1S/C32H38N2/c1-25(2)13-11-14-26(3)15-12-16-27(4)21-22-29-23-24-33-34-32(30-19-9-6-10-20-30)31(29)28-17-7-5-8-18-28/h5-10,13,15,17-21,23-24,34H,11-12,14,16,22H2,1-4H3. The number of benzene rings is 2. The molecule has 0 fully saturated rings. The Balaban J connectivity index is 1.76. The van der Waals surface area contributed by atoms with Crippen molar-refractivity contribution in [3.63, 3.8) is 0 Å². The molecular weight excluding hydrogens is 412 g/mol. The maximum absolute atomic E-state index is 4.44. The third kappa shape index (κ3) is 7.88. The van der Waals surface area contributed by atoms with E-state index in [1.165, 1.54) is 33.4 Å². The predicted octanol–water partition coefficient (Wildman–Crippen LogP) is 8.88. The fourth-order valence-electron chi connectivity index (χ4n) is 4.07. The molecule has 0 saturated heterocycles. The van der Waals surface area contributed by atoms with Crippen molar-refractivity contribution in [2.75, 3.05) is 0 Å². The fraction of sp³-hybridized carbons (Fsp3) is 0.281.